The van der Waals surface area contributed by atoms with Crippen LogP contribution in [0.4, 0.5) is 16.2 Å². The van der Waals surface area contributed by atoms with E-state index >= 15 is 0 Å². The summed E-state index contributed by atoms with van der Waals surface area (Å²) in [5, 5.41) is 9.27. The summed E-state index contributed by atoms with van der Waals surface area (Å²) in [5.74, 6) is 0.638. The molecule has 0 atom stereocenters. The minimum atomic E-state index is -0.589. The van der Waals surface area contributed by atoms with Crippen molar-refractivity contribution in [1.29, 1.82) is 0 Å². The molecule has 1 aromatic heterocycles. The minimum absolute atomic E-state index is 0.371. The van der Waals surface area contributed by atoms with Crippen LogP contribution in [-0.2, 0) is 18.3 Å². The fourth-order valence-electron chi connectivity index (χ4n) is 3.48. The number of aryl methyl sites for hydroxylation is 1. The molecule has 162 valence electrons. The first-order valence-corrected chi connectivity index (χ1v) is 10.8. The van der Waals surface area contributed by atoms with Crippen LogP contribution >= 0.6 is 27.5 Å². The Balaban J connectivity index is 1.54. The lowest BCUT2D eigenvalue weighted by Gasteiger charge is -2.19. The molecule has 10 heteroatoms. The maximum absolute atomic E-state index is 12.6. The number of amides is 1. The summed E-state index contributed by atoms with van der Waals surface area (Å²) in [6.07, 6.45) is 1.87. The molecule has 1 aliphatic rings. The summed E-state index contributed by atoms with van der Waals surface area (Å²) in [5.41, 5.74) is 9.60. The molecular formula is C21H21BrClN5O3. The van der Waals surface area contributed by atoms with Gasteiger partial charge in [-0.05, 0) is 64.3 Å². The predicted octanol–water partition coefficient (Wildman–Crippen LogP) is 4.37. The lowest BCUT2D eigenvalue weighted by molar-refractivity contribution is 0.150. The third kappa shape index (κ3) is 4.63. The Hall–Kier alpha value is -2.75. The van der Waals surface area contributed by atoms with Gasteiger partial charge in [0.1, 0.15) is 12.4 Å². The van der Waals surface area contributed by atoms with E-state index < -0.39 is 6.09 Å². The topological polar surface area (TPSA) is 94.6 Å². The number of nitrogens with two attached hydrogens (primary N) is 1. The number of hydroxylamine groups is 1. The van der Waals surface area contributed by atoms with Gasteiger partial charge >= 0.3 is 6.09 Å². The second-order valence-electron chi connectivity index (χ2n) is 6.94. The van der Waals surface area contributed by atoms with Crippen LogP contribution in [0, 0.1) is 0 Å². The van der Waals surface area contributed by atoms with E-state index in [2.05, 4.69) is 26.3 Å². The monoisotopic (exact) mass is 505 g/mol. The van der Waals surface area contributed by atoms with Gasteiger partial charge in [-0.2, -0.15) is 5.10 Å². The van der Waals surface area contributed by atoms with Gasteiger partial charge in [0.2, 0.25) is 0 Å². The van der Waals surface area contributed by atoms with E-state index in [-0.39, 0.29) is 0 Å². The fraction of sp³-hybridized carbons (Fsp3) is 0.238. The summed E-state index contributed by atoms with van der Waals surface area (Å²) in [6.45, 7) is 1.33. The quantitative estimate of drug-likeness (QED) is 0.516. The molecule has 2 heterocycles. The summed E-state index contributed by atoms with van der Waals surface area (Å²) >= 11 is 9.56. The molecule has 0 spiro atoms. The Morgan fingerprint density at radius 2 is 2.16 bits per heavy atom. The molecule has 1 aliphatic heterocycles. The molecular weight excluding hydrogens is 486 g/mol. The molecule has 2 aromatic carbocycles. The lowest BCUT2D eigenvalue weighted by Crippen LogP contribution is -2.28. The van der Waals surface area contributed by atoms with E-state index in [0.717, 1.165) is 33.4 Å². The highest BCUT2D eigenvalue weighted by Crippen LogP contribution is 2.37. The van der Waals surface area contributed by atoms with Gasteiger partial charge in [0.25, 0.3) is 0 Å². The van der Waals surface area contributed by atoms with Crippen LogP contribution < -0.4 is 20.9 Å². The Kier molecular flexibility index (Phi) is 6.35. The van der Waals surface area contributed by atoms with Crippen molar-refractivity contribution in [3.8, 4) is 17.0 Å². The van der Waals surface area contributed by atoms with Gasteiger partial charge in [0, 0.05) is 29.9 Å². The van der Waals surface area contributed by atoms with Crippen LogP contribution in [-0.4, -0.2) is 35.6 Å². The van der Waals surface area contributed by atoms with E-state index in [1.807, 2.05) is 25.2 Å². The Bertz CT molecular complexity index is 1100. The molecule has 8 nitrogen and oxygen atoms in total. The number of hydrogen-bond donors (Lipinski definition) is 2. The largest absolute Gasteiger partial charge is 0.492 e. The standard InChI is InChI=1S/C21H21BrClN5O3/c1-27-20(17(22)12-25-27)16-11-15(3-5-19(16)30-9-7-24)26-21(29)31-28-8-6-13-10-14(23)2-4-18(13)28/h2-5,10-12H,6-9,24H2,1H3,(H,26,29). The molecule has 0 radical (unpaired) electrons. The number of nitrogens with one attached hydrogen (secondary N) is 1. The zero-order valence-corrected chi connectivity index (χ0v) is 19.1. The van der Waals surface area contributed by atoms with E-state index in [9.17, 15) is 4.79 Å². The molecule has 31 heavy (non-hydrogen) atoms. The number of anilines is 2. The first kappa shape index (κ1) is 21.5. The molecule has 3 N–H and O–H groups in total. The molecule has 3 aromatic rings. The van der Waals surface area contributed by atoms with Crippen LogP contribution in [0.25, 0.3) is 11.3 Å². The summed E-state index contributed by atoms with van der Waals surface area (Å²) < 4.78 is 8.32. The van der Waals surface area contributed by atoms with Gasteiger partial charge < -0.3 is 15.3 Å². The minimum Gasteiger partial charge on any atom is -0.492 e. The van der Waals surface area contributed by atoms with Crippen molar-refractivity contribution < 1.29 is 14.4 Å². The highest BCUT2D eigenvalue weighted by molar-refractivity contribution is 9.10. The van der Waals surface area contributed by atoms with E-state index in [1.165, 1.54) is 0 Å². The summed E-state index contributed by atoms with van der Waals surface area (Å²) in [7, 11) is 1.83. The van der Waals surface area contributed by atoms with Crippen molar-refractivity contribution in [1.82, 2.24) is 9.78 Å². The van der Waals surface area contributed by atoms with Gasteiger partial charge in [0.15, 0.2) is 0 Å². The van der Waals surface area contributed by atoms with Crippen molar-refractivity contribution in [3.63, 3.8) is 0 Å². The van der Waals surface area contributed by atoms with Gasteiger partial charge in [-0.15, -0.1) is 0 Å². The predicted molar refractivity (Wildman–Crippen MR) is 123 cm³/mol. The zero-order chi connectivity index (χ0) is 22.0. The van der Waals surface area contributed by atoms with E-state index in [4.69, 9.17) is 26.9 Å². The number of nitrogens with zero attached hydrogens (tertiary/aromatic N) is 3. The molecule has 0 bridgehead atoms. The van der Waals surface area contributed by atoms with Crippen molar-refractivity contribution in [3.05, 3.63) is 57.7 Å². The van der Waals surface area contributed by atoms with E-state index in [1.54, 1.807) is 34.1 Å². The fourth-order valence-corrected chi connectivity index (χ4v) is 4.23. The molecule has 0 saturated carbocycles. The molecule has 0 saturated heterocycles. The number of carbonyl (C=O) groups is 1. The van der Waals surface area contributed by atoms with Crippen molar-refractivity contribution in [2.75, 3.05) is 30.1 Å². The van der Waals surface area contributed by atoms with Gasteiger partial charge in [-0.1, -0.05) is 11.6 Å². The van der Waals surface area contributed by atoms with Gasteiger partial charge in [-0.3, -0.25) is 10.00 Å². The zero-order valence-electron chi connectivity index (χ0n) is 16.8. The van der Waals surface area contributed by atoms with Crippen molar-refractivity contribution in [2.45, 2.75) is 6.42 Å². The third-order valence-corrected chi connectivity index (χ3v) is 5.65. The van der Waals surface area contributed by atoms with Crippen LogP contribution in [0.3, 0.4) is 0 Å². The lowest BCUT2D eigenvalue weighted by atomic mass is 10.1. The number of fused-ring (bicyclic) bond motifs is 1. The number of halogens is 2. The Morgan fingerprint density at radius 3 is 2.90 bits per heavy atom. The maximum atomic E-state index is 12.6. The normalized spacial score (nSPS) is 12.6. The Labute approximate surface area is 192 Å². The molecule has 1 amide bonds. The van der Waals surface area contributed by atoms with Gasteiger partial charge in [0.05, 0.1) is 28.6 Å². The average Bonchev–Trinajstić information content (AvgIpc) is 3.29. The van der Waals surface area contributed by atoms with Crippen molar-refractivity contribution in [2.24, 2.45) is 12.8 Å². The number of benzene rings is 2. The van der Waals surface area contributed by atoms with Crippen LogP contribution in [0.15, 0.2) is 47.1 Å². The average molecular weight is 507 g/mol. The first-order chi connectivity index (χ1) is 15.0. The smallest absolute Gasteiger partial charge is 0.436 e. The number of hydrogen-bond acceptors (Lipinski definition) is 6. The first-order valence-electron chi connectivity index (χ1n) is 9.66. The highest BCUT2D eigenvalue weighted by atomic mass is 79.9. The molecule has 4 rings (SSSR count). The molecule has 0 aliphatic carbocycles. The number of aromatic nitrogens is 2. The number of carbonyl (C=O) groups excluding carboxylic acids is 1. The third-order valence-electron chi connectivity index (χ3n) is 4.84. The number of ether oxygens (including phenoxy) is 1. The maximum Gasteiger partial charge on any atom is 0.436 e. The van der Waals surface area contributed by atoms with Gasteiger partial charge in [-0.25, -0.2) is 9.86 Å². The van der Waals surface area contributed by atoms with Crippen molar-refractivity contribution >= 4 is 45.0 Å². The van der Waals surface area contributed by atoms with Crippen LogP contribution in [0.2, 0.25) is 5.02 Å². The second kappa shape index (κ2) is 9.17. The summed E-state index contributed by atoms with van der Waals surface area (Å²) in [6, 6.07) is 10.9. The van der Waals surface area contributed by atoms with E-state index in [0.29, 0.717) is 36.2 Å². The highest BCUT2D eigenvalue weighted by Gasteiger charge is 2.23. The SMILES string of the molecule is Cn1ncc(Br)c1-c1cc(NC(=O)ON2CCc3cc(Cl)ccc32)ccc1OCCN. The van der Waals surface area contributed by atoms with Crippen LogP contribution in [0.5, 0.6) is 5.75 Å². The molecule has 0 unspecified atom stereocenters. The van der Waals surface area contributed by atoms with Crippen LogP contribution in [0.1, 0.15) is 5.56 Å². The number of rotatable bonds is 6. The summed E-state index contributed by atoms with van der Waals surface area (Å²) in [4.78, 5) is 18.1. The molecule has 0 fully saturated rings. The Morgan fingerprint density at radius 1 is 1.32 bits per heavy atom. The second-order valence-corrected chi connectivity index (χ2v) is 8.23.